The molecule has 2 aromatic rings. The van der Waals surface area contributed by atoms with E-state index in [1.165, 1.54) is 0 Å². The molecule has 1 fully saturated rings. The maximum absolute atomic E-state index is 12.5. The average molecular weight is 347 g/mol. The van der Waals surface area contributed by atoms with Crippen molar-refractivity contribution in [1.29, 1.82) is 0 Å². The molecule has 0 aromatic carbocycles. The standard InChI is InChI=1S/C13H16F3N5OS/c1-9-4-20(5-11(22-9)10-2-3-23-7-10)6-12-17-18-19-21(12)8-13(14,15)16/h2-3,7,9,11H,4-6,8H2,1H3/t9-,11-/m1/s1. The SMILES string of the molecule is C[C@@H]1CN(Cc2nnnn2CC(F)(F)F)C[C@H](c2ccsc2)O1. The molecule has 10 heteroatoms. The van der Waals surface area contributed by atoms with Crippen molar-refractivity contribution >= 4 is 11.3 Å². The number of ether oxygens (including phenoxy) is 1. The first kappa shape index (κ1) is 16.3. The summed E-state index contributed by atoms with van der Waals surface area (Å²) >= 11 is 1.59. The van der Waals surface area contributed by atoms with Crippen molar-refractivity contribution in [1.82, 2.24) is 25.1 Å². The maximum atomic E-state index is 12.5. The predicted molar refractivity (Wildman–Crippen MR) is 76.8 cm³/mol. The van der Waals surface area contributed by atoms with E-state index in [0.29, 0.717) is 13.1 Å². The van der Waals surface area contributed by atoms with Crippen LogP contribution in [0.25, 0.3) is 0 Å². The summed E-state index contributed by atoms with van der Waals surface area (Å²) in [6, 6.07) is 2.00. The van der Waals surface area contributed by atoms with Gasteiger partial charge in [0.25, 0.3) is 0 Å². The largest absolute Gasteiger partial charge is 0.408 e. The van der Waals surface area contributed by atoms with E-state index in [2.05, 4.69) is 15.5 Å². The number of hydrogen-bond acceptors (Lipinski definition) is 6. The van der Waals surface area contributed by atoms with Crippen LogP contribution in [-0.4, -0.2) is 50.5 Å². The molecule has 2 aromatic heterocycles. The Labute approximate surface area is 134 Å². The van der Waals surface area contributed by atoms with Crippen LogP contribution >= 0.6 is 11.3 Å². The zero-order valence-corrected chi connectivity index (χ0v) is 13.2. The lowest BCUT2D eigenvalue weighted by Gasteiger charge is -2.36. The van der Waals surface area contributed by atoms with E-state index in [4.69, 9.17) is 4.74 Å². The van der Waals surface area contributed by atoms with Gasteiger partial charge in [-0.15, -0.1) is 5.10 Å². The molecule has 3 heterocycles. The van der Waals surface area contributed by atoms with Crippen LogP contribution in [0.15, 0.2) is 16.8 Å². The molecule has 3 rings (SSSR count). The van der Waals surface area contributed by atoms with Crippen LogP contribution in [0.2, 0.25) is 0 Å². The monoisotopic (exact) mass is 347 g/mol. The molecule has 1 saturated heterocycles. The summed E-state index contributed by atoms with van der Waals surface area (Å²) in [5, 5.41) is 14.5. The van der Waals surface area contributed by atoms with Crippen molar-refractivity contribution in [3.05, 3.63) is 28.2 Å². The van der Waals surface area contributed by atoms with Gasteiger partial charge in [-0.05, 0) is 39.7 Å². The highest BCUT2D eigenvalue weighted by Crippen LogP contribution is 2.27. The summed E-state index contributed by atoms with van der Waals surface area (Å²) in [4.78, 5) is 2.02. The Morgan fingerprint density at radius 1 is 1.39 bits per heavy atom. The Balaban J connectivity index is 1.69. The van der Waals surface area contributed by atoms with E-state index in [1.807, 2.05) is 28.7 Å². The van der Waals surface area contributed by atoms with E-state index >= 15 is 0 Å². The van der Waals surface area contributed by atoms with Crippen molar-refractivity contribution in [2.24, 2.45) is 0 Å². The fourth-order valence-corrected chi connectivity index (χ4v) is 3.34. The zero-order valence-electron chi connectivity index (χ0n) is 12.4. The van der Waals surface area contributed by atoms with E-state index < -0.39 is 12.7 Å². The van der Waals surface area contributed by atoms with Gasteiger partial charge >= 0.3 is 6.18 Å². The van der Waals surface area contributed by atoms with Crippen molar-refractivity contribution in [3.63, 3.8) is 0 Å². The van der Waals surface area contributed by atoms with Crippen molar-refractivity contribution in [3.8, 4) is 0 Å². The summed E-state index contributed by atoms with van der Waals surface area (Å²) in [5.74, 6) is 0.209. The van der Waals surface area contributed by atoms with Crippen molar-refractivity contribution in [2.75, 3.05) is 13.1 Å². The molecule has 126 valence electrons. The number of nitrogens with zero attached hydrogens (tertiary/aromatic N) is 5. The van der Waals surface area contributed by atoms with Gasteiger partial charge < -0.3 is 4.74 Å². The number of halogens is 3. The quantitative estimate of drug-likeness (QED) is 0.849. The molecule has 0 amide bonds. The molecule has 0 bridgehead atoms. The average Bonchev–Trinajstić information content (AvgIpc) is 3.09. The summed E-state index contributed by atoms with van der Waals surface area (Å²) in [6.07, 6.45) is -4.45. The predicted octanol–water partition coefficient (Wildman–Crippen LogP) is 2.26. The molecular weight excluding hydrogens is 331 g/mol. The number of morpholine rings is 1. The maximum Gasteiger partial charge on any atom is 0.408 e. The van der Waals surface area contributed by atoms with Gasteiger partial charge in [0.15, 0.2) is 5.82 Å². The highest BCUT2D eigenvalue weighted by Gasteiger charge is 2.32. The molecule has 0 saturated carbocycles. The second kappa shape index (κ2) is 6.54. The number of aromatic nitrogens is 4. The molecule has 23 heavy (non-hydrogen) atoms. The minimum atomic E-state index is -4.35. The second-order valence-corrected chi connectivity index (χ2v) is 6.33. The smallest absolute Gasteiger partial charge is 0.368 e. The first-order chi connectivity index (χ1) is 10.9. The van der Waals surface area contributed by atoms with Gasteiger partial charge in [-0.25, -0.2) is 4.68 Å². The van der Waals surface area contributed by atoms with Gasteiger partial charge in [0, 0.05) is 13.1 Å². The molecule has 1 aliphatic rings. The summed E-state index contributed by atoms with van der Waals surface area (Å²) in [7, 11) is 0. The van der Waals surface area contributed by atoms with Gasteiger partial charge in [-0.3, -0.25) is 4.90 Å². The molecule has 0 N–H and O–H groups in total. The van der Waals surface area contributed by atoms with Crippen LogP contribution < -0.4 is 0 Å². The molecule has 0 radical (unpaired) electrons. The minimum Gasteiger partial charge on any atom is -0.368 e. The number of hydrogen-bond donors (Lipinski definition) is 0. The Morgan fingerprint density at radius 2 is 2.22 bits per heavy atom. The molecule has 1 aliphatic heterocycles. The van der Waals surface area contributed by atoms with E-state index in [1.54, 1.807) is 11.3 Å². The van der Waals surface area contributed by atoms with E-state index in [9.17, 15) is 13.2 Å². The first-order valence-corrected chi connectivity index (χ1v) is 8.07. The van der Waals surface area contributed by atoms with Crippen LogP contribution in [0, 0.1) is 0 Å². The van der Waals surface area contributed by atoms with Crippen LogP contribution in [-0.2, 0) is 17.8 Å². The summed E-state index contributed by atoms with van der Waals surface area (Å²) in [6.45, 7) is 2.25. The first-order valence-electron chi connectivity index (χ1n) is 7.12. The highest BCUT2D eigenvalue weighted by atomic mass is 32.1. The van der Waals surface area contributed by atoms with Gasteiger partial charge in [0.2, 0.25) is 0 Å². The zero-order chi connectivity index (χ0) is 16.4. The van der Waals surface area contributed by atoms with Gasteiger partial charge in [-0.1, -0.05) is 0 Å². The van der Waals surface area contributed by atoms with E-state index in [-0.39, 0.29) is 24.6 Å². The van der Waals surface area contributed by atoms with Gasteiger partial charge in [-0.2, -0.15) is 24.5 Å². The van der Waals surface area contributed by atoms with Crippen LogP contribution in [0.5, 0.6) is 0 Å². The van der Waals surface area contributed by atoms with Gasteiger partial charge in [0.05, 0.1) is 18.8 Å². The summed E-state index contributed by atoms with van der Waals surface area (Å²) < 4.78 is 44.3. The third-order valence-corrected chi connectivity index (χ3v) is 4.25. The number of thiophene rings is 1. The number of tetrazole rings is 1. The molecule has 0 unspecified atom stereocenters. The lowest BCUT2D eigenvalue weighted by molar-refractivity contribution is -0.143. The fourth-order valence-electron chi connectivity index (χ4n) is 2.64. The van der Waals surface area contributed by atoms with Crippen LogP contribution in [0.3, 0.4) is 0 Å². The van der Waals surface area contributed by atoms with E-state index in [0.717, 1.165) is 10.2 Å². The van der Waals surface area contributed by atoms with Crippen LogP contribution in [0.1, 0.15) is 24.4 Å². The normalized spacial score (nSPS) is 23.3. The lowest BCUT2D eigenvalue weighted by atomic mass is 10.1. The summed E-state index contributed by atoms with van der Waals surface area (Å²) in [5.41, 5.74) is 1.08. The Bertz CT molecular complexity index is 630. The molecular formula is C13H16F3N5OS. The third kappa shape index (κ3) is 4.27. The minimum absolute atomic E-state index is 0.0133. The molecule has 6 nitrogen and oxygen atoms in total. The second-order valence-electron chi connectivity index (χ2n) is 5.55. The third-order valence-electron chi connectivity index (χ3n) is 3.55. The molecule has 2 atom stereocenters. The fraction of sp³-hybridized carbons (Fsp3) is 0.615. The Hall–Kier alpha value is -1.52. The molecule has 0 aliphatic carbocycles. The Morgan fingerprint density at radius 3 is 2.91 bits per heavy atom. The Kier molecular flexibility index (Phi) is 4.64. The van der Waals surface area contributed by atoms with Crippen molar-refractivity contribution in [2.45, 2.75) is 38.4 Å². The van der Waals surface area contributed by atoms with Crippen LogP contribution in [0.4, 0.5) is 13.2 Å². The highest BCUT2D eigenvalue weighted by molar-refractivity contribution is 7.07. The topological polar surface area (TPSA) is 56.1 Å². The van der Waals surface area contributed by atoms with Crippen molar-refractivity contribution < 1.29 is 17.9 Å². The molecule has 0 spiro atoms. The number of rotatable bonds is 4. The number of alkyl halides is 3. The lowest BCUT2D eigenvalue weighted by Crippen LogP contribution is -2.42. The van der Waals surface area contributed by atoms with Gasteiger partial charge in [0.1, 0.15) is 6.54 Å².